The standard InChI is InChI=1S/C16H28O4/c1-10(2)5-6-12-15(3,20-12)14-13(18-4)11(17)7-8-16(14)9-19-16/h10-14,17H,5-9H2,1-4H3/t11-,12-,13-,14?,15+,16+/m1/s1. The molecule has 4 heteroatoms. The lowest BCUT2D eigenvalue weighted by Gasteiger charge is -2.41. The minimum atomic E-state index is -0.397. The number of methoxy groups -OCH3 is 1. The maximum absolute atomic E-state index is 10.3. The van der Waals surface area contributed by atoms with Gasteiger partial charge < -0.3 is 19.3 Å². The minimum Gasteiger partial charge on any atom is -0.390 e. The average molecular weight is 284 g/mol. The predicted molar refractivity (Wildman–Crippen MR) is 75.6 cm³/mol. The number of aliphatic hydroxyl groups excluding tert-OH is 1. The zero-order chi connectivity index (χ0) is 14.5. The molecule has 1 N–H and O–H groups in total. The summed E-state index contributed by atoms with van der Waals surface area (Å²) in [4.78, 5) is 0. The van der Waals surface area contributed by atoms with Crippen molar-refractivity contribution in [1.82, 2.24) is 0 Å². The Labute approximate surface area is 121 Å². The van der Waals surface area contributed by atoms with Gasteiger partial charge in [-0.3, -0.25) is 0 Å². The van der Waals surface area contributed by atoms with Crippen molar-refractivity contribution in [1.29, 1.82) is 0 Å². The molecule has 0 bridgehead atoms. The van der Waals surface area contributed by atoms with E-state index in [-0.39, 0.29) is 23.2 Å². The Morgan fingerprint density at radius 3 is 2.65 bits per heavy atom. The molecule has 1 unspecified atom stereocenters. The van der Waals surface area contributed by atoms with Gasteiger partial charge in [-0.15, -0.1) is 0 Å². The lowest BCUT2D eigenvalue weighted by atomic mass is 9.68. The normalized spacial score (nSPS) is 50.7. The summed E-state index contributed by atoms with van der Waals surface area (Å²) >= 11 is 0. The zero-order valence-corrected chi connectivity index (χ0v) is 13.1. The topological polar surface area (TPSA) is 54.5 Å². The molecular weight excluding hydrogens is 256 g/mol. The van der Waals surface area contributed by atoms with E-state index in [0.717, 1.165) is 25.9 Å². The highest BCUT2D eigenvalue weighted by molar-refractivity contribution is 5.19. The van der Waals surface area contributed by atoms with Crippen molar-refractivity contribution < 1.29 is 19.3 Å². The van der Waals surface area contributed by atoms with Crippen LogP contribution in [0.2, 0.25) is 0 Å². The quantitative estimate of drug-likeness (QED) is 0.786. The van der Waals surface area contributed by atoms with Crippen molar-refractivity contribution in [3.63, 3.8) is 0 Å². The van der Waals surface area contributed by atoms with E-state index in [4.69, 9.17) is 14.2 Å². The highest BCUT2D eigenvalue weighted by Gasteiger charge is 2.71. The predicted octanol–water partition coefficient (Wildman–Crippen LogP) is 2.13. The first kappa shape index (κ1) is 14.8. The first-order valence-electron chi connectivity index (χ1n) is 7.95. The first-order valence-corrected chi connectivity index (χ1v) is 7.95. The van der Waals surface area contributed by atoms with Gasteiger partial charge in [-0.1, -0.05) is 13.8 Å². The van der Waals surface area contributed by atoms with Gasteiger partial charge in [-0.25, -0.2) is 0 Å². The fraction of sp³-hybridized carbons (Fsp3) is 1.00. The summed E-state index contributed by atoms with van der Waals surface area (Å²) < 4.78 is 17.5. The zero-order valence-electron chi connectivity index (χ0n) is 13.1. The summed E-state index contributed by atoms with van der Waals surface area (Å²) in [5.74, 6) is 0.852. The molecule has 3 fully saturated rings. The highest BCUT2D eigenvalue weighted by Crippen LogP contribution is 2.59. The molecule has 116 valence electrons. The lowest BCUT2D eigenvalue weighted by Crippen LogP contribution is -2.54. The van der Waals surface area contributed by atoms with Crippen LogP contribution in [0.4, 0.5) is 0 Å². The minimum absolute atomic E-state index is 0.0960. The van der Waals surface area contributed by atoms with Crippen LogP contribution in [-0.4, -0.2) is 48.3 Å². The molecule has 0 aromatic carbocycles. The summed E-state index contributed by atoms with van der Waals surface area (Å²) in [6, 6.07) is 0. The maximum atomic E-state index is 10.3. The second kappa shape index (κ2) is 4.94. The number of hydrogen-bond donors (Lipinski definition) is 1. The fourth-order valence-corrected chi connectivity index (χ4v) is 4.17. The molecule has 1 aliphatic carbocycles. The number of epoxide rings is 2. The molecule has 2 saturated heterocycles. The molecule has 4 nitrogen and oxygen atoms in total. The van der Waals surface area contributed by atoms with E-state index in [1.807, 2.05) is 0 Å². The first-order chi connectivity index (χ1) is 9.43. The van der Waals surface area contributed by atoms with Gasteiger partial charge in [-0.05, 0) is 38.5 Å². The van der Waals surface area contributed by atoms with Crippen LogP contribution in [0, 0.1) is 11.8 Å². The van der Waals surface area contributed by atoms with Gasteiger partial charge in [0.15, 0.2) is 0 Å². The third-order valence-electron chi connectivity index (χ3n) is 5.53. The van der Waals surface area contributed by atoms with Gasteiger partial charge in [0.2, 0.25) is 0 Å². The summed E-state index contributed by atoms with van der Waals surface area (Å²) in [5.41, 5.74) is -0.283. The van der Waals surface area contributed by atoms with Crippen LogP contribution in [0.5, 0.6) is 0 Å². The number of ether oxygens (including phenoxy) is 3. The van der Waals surface area contributed by atoms with Crippen molar-refractivity contribution >= 4 is 0 Å². The Kier molecular flexibility index (Phi) is 3.65. The number of aliphatic hydroxyl groups is 1. The van der Waals surface area contributed by atoms with Crippen LogP contribution < -0.4 is 0 Å². The molecule has 6 atom stereocenters. The molecule has 3 rings (SSSR count). The van der Waals surface area contributed by atoms with E-state index in [9.17, 15) is 5.11 Å². The van der Waals surface area contributed by atoms with E-state index < -0.39 is 6.10 Å². The Morgan fingerprint density at radius 2 is 2.10 bits per heavy atom. The molecule has 0 radical (unpaired) electrons. The van der Waals surface area contributed by atoms with Crippen molar-refractivity contribution in [3.05, 3.63) is 0 Å². The molecule has 0 aromatic rings. The van der Waals surface area contributed by atoms with E-state index in [1.165, 1.54) is 6.42 Å². The van der Waals surface area contributed by atoms with Crippen LogP contribution >= 0.6 is 0 Å². The van der Waals surface area contributed by atoms with Gasteiger partial charge in [0.1, 0.15) is 5.60 Å². The molecule has 0 aromatic heterocycles. The Bertz CT molecular complexity index is 365. The third-order valence-corrected chi connectivity index (χ3v) is 5.53. The molecule has 1 saturated carbocycles. The van der Waals surface area contributed by atoms with E-state index in [0.29, 0.717) is 12.0 Å². The summed E-state index contributed by atoms with van der Waals surface area (Å²) in [7, 11) is 1.69. The van der Waals surface area contributed by atoms with E-state index >= 15 is 0 Å². The molecule has 0 amide bonds. The number of hydrogen-bond acceptors (Lipinski definition) is 4. The Balaban J connectivity index is 1.73. The largest absolute Gasteiger partial charge is 0.390 e. The summed E-state index contributed by atoms with van der Waals surface area (Å²) in [6.07, 6.45) is 3.69. The number of rotatable bonds is 5. The SMILES string of the molecule is CO[C@H]1C([C@@]2(C)O[C@@H]2CCC(C)C)[C@]2(CC[C@H]1O)CO2. The third kappa shape index (κ3) is 2.31. The van der Waals surface area contributed by atoms with Crippen LogP contribution in [0.15, 0.2) is 0 Å². The molecule has 2 aliphatic heterocycles. The van der Waals surface area contributed by atoms with Crippen molar-refractivity contribution in [2.45, 2.75) is 76.0 Å². The monoisotopic (exact) mass is 284 g/mol. The fourth-order valence-electron chi connectivity index (χ4n) is 4.17. The van der Waals surface area contributed by atoms with Crippen LogP contribution in [0.25, 0.3) is 0 Å². The molecule has 1 spiro atoms. The Hall–Kier alpha value is -0.160. The average Bonchev–Trinajstić information content (AvgIpc) is 3.29. The Morgan fingerprint density at radius 1 is 1.40 bits per heavy atom. The van der Waals surface area contributed by atoms with E-state index in [2.05, 4.69) is 20.8 Å². The lowest BCUT2D eigenvalue weighted by molar-refractivity contribution is -0.116. The van der Waals surface area contributed by atoms with E-state index in [1.54, 1.807) is 7.11 Å². The van der Waals surface area contributed by atoms with Crippen molar-refractivity contribution in [2.75, 3.05) is 13.7 Å². The van der Waals surface area contributed by atoms with Gasteiger partial charge in [0.25, 0.3) is 0 Å². The molecule has 3 aliphatic rings. The van der Waals surface area contributed by atoms with Gasteiger partial charge in [0.05, 0.1) is 36.4 Å². The van der Waals surface area contributed by atoms with Crippen LogP contribution in [0.1, 0.15) is 46.5 Å². The highest BCUT2D eigenvalue weighted by atomic mass is 16.6. The second-order valence-electron chi connectivity index (χ2n) is 7.40. The summed E-state index contributed by atoms with van der Waals surface area (Å²) in [5, 5.41) is 10.3. The smallest absolute Gasteiger partial charge is 0.100 e. The maximum Gasteiger partial charge on any atom is 0.100 e. The van der Waals surface area contributed by atoms with Crippen LogP contribution in [-0.2, 0) is 14.2 Å². The molecule has 20 heavy (non-hydrogen) atoms. The van der Waals surface area contributed by atoms with Gasteiger partial charge >= 0.3 is 0 Å². The van der Waals surface area contributed by atoms with Crippen molar-refractivity contribution in [2.24, 2.45) is 11.8 Å². The second-order valence-corrected chi connectivity index (χ2v) is 7.40. The van der Waals surface area contributed by atoms with Crippen LogP contribution in [0.3, 0.4) is 0 Å². The molecular formula is C16H28O4. The molecule has 2 heterocycles. The summed E-state index contributed by atoms with van der Waals surface area (Å²) in [6.45, 7) is 7.46. The van der Waals surface area contributed by atoms with Crippen molar-refractivity contribution in [3.8, 4) is 0 Å². The van der Waals surface area contributed by atoms with Gasteiger partial charge in [0, 0.05) is 7.11 Å². The van der Waals surface area contributed by atoms with Gasteiger partial charge in [-0.2, -0.15) is 0 Å².